The first kappa shape index (κ1) is 21.8. The van der Waals surface area contributed by atoms with Crippen molar-refractivity contribution in [3.8, 4) is 5.75 Å². The lowest BCUT2D eigenvalue weighted by Gasteiger charge is -2.09. The van der Waals surface area contributed by atoms with Crippen LogP contribution in [0.5, 0.6) is 5.75 Å². The van der Waals surface area contributed by atoms with Crippen molar-refractivity contribution in [3.05, 3.63) is 81.1 Å². The summed E-state index contributed by atoms with van der Waals surface area (Å²) in [6.45, 7) is 8.36. The summed E-state index contributed by atoms with van der Waals surface area (Å²) in [6.07, 6.45) is 0. The Hall–Kier alpha value is -2.93. The summed E-state index contributed by atoms with van der Waals surface area (Å²) in [6, 6.07) is 15.8. The molecule has 6 nitrogen and oxygen atoms in total. The summed E-state index contributed by atoms with van der Waals surface area (Å²) < 4.78 is 8.44. The maximum absolute atomic E-state index is 12.2. The largest absolute Gasteiger partial charge is 0.489 e. The van der Waals surface area contributed by atoms with E-state index >= 15 is 0 Å². The molecule has 1 aromatic heterocycles. The number of carbonyl (C=O) groups excluding carboxylic acids is 1. The molecule has 1 N–H and O–H groups in total. The molecule has 0 atom stereocenters. The van der Waals surface area contributed by atoms with E-state index in [0.717, 1.165) is 32.7 Å². The smallest absolute Gasteiger partial charge is 0.261 e. The zero-order valence-electron chi connectivity index (χ0n) is 17.6. The van der Waals surface area contributed by atoms with Gasteiger partial charge in [0.25, 0.3) is 5.91 Å². The topological polar surface area (TPSA) is 68.5 Å². The van der Waals surface area contributed by atoms with Crippen molar-refractivity contribution in [2.75, 3.05) is 0 Å². The molecule has 156 valence electrons. The van der Waals surface area contributed by atoms with E-state index < -0.39 is 0 Å². The van der Waals surface area contributed by atoms with Crippen LogP contribution in [0, 0.1) is 20.8 Å². The molecule has 0 spiro atoms. The maximum Gasteiger partial charge on any atom is 0.261 e. The molecule has 1 heterocycles. The molecule has 0 aliphatic carbocycles. The van der Waals surface area contributed by atoms with Gasteiger partial charge in [0.1, 0.15) is 18.9 Å². The molecule has 0 aliphatic heterocycles. The SMILES string of the molecule is C/C(=N\NC(=O)Cn1nc(C)c(Br)c1C)c1ccc(OCc2ccccc2C)cc1. The normalized spacial score (nSPS) is 11.4. The molecule has 1 amide bonds. The third-order valence-corrected chi connectivity index (χ3v) is 6.01. The van der Waals surface area contributed by atoms with Crippen molar-refractivity contribution in [1.82, 2.24) is 15.2 Å². The lowest BCUT2D eigenvalue weighted by atomic mass is 10.1. The second-order valence-corrected chi connectivity index (χ2v) is 7.91. The molecule has 0 aliphatic rings. The van der Waals surface area contributed by atoms with Crippen LogP contribution in [0.25, 0.3) is 0 Å². The number of aryl methyl sites for hydroxylation is 2. The molecule has 7 heteroatoms. The van der Waals surface area contributed by atoms with Crippen LogP contribution in [0.4, 0.5) is 0 Å². The van der Waals surface area contributed by atoms with Gasteiger partial charge in [0.2, 0.25) is 0 Å². The minimum absolute atomic E-state index is 0.112. The van der Waals surface area contributed by atoms with E-state index in [1.807, 2.05) is 57.2 Å². The fraction of sp³-hybridized carbons (Fsp3) is 0.261. The van der Waals surface area contributed by atoms with Crippen LogP contribution in [0.15, 0.2) is 58.1 Å². The van der Waals surface area contributed by atoms with Crippen molar-refractivity contribution >= 4 is 27.5 Å². The van der Waals surface area contributed by atoms with Gasteiger partial charge >= 0.3 is 0 Å². The number of carbonyl (C=O) groups is 1. The number of rotatable bonds is 7. The van der Waals surface area contributed by atoms with E-state index in [9.17, 15) is 4.79 Å². The van der Waals surface area contributed by atoms with Crippen molar-refractivity contribution in [3.63, 3.8) is 0 Å². The average Bonchev–Trinajstić information content (AvgIpc) is 2.98. The standard InChI is InChI=1S/C23H25BrN4O2/c1-15-7-5-6-8-20(15)14-30-21-11-9-19(10-12-21)16(2)25-26-22(29)13-28-18(4)23(24)17(3)27-28/h5-12H,13-14H2,1-4H3,(H,26,29)/b25-16+. The molecule has 30 heavy (non-hydrogen) atoms. The molecule has 0 radical (unpaired) electrons. The summed E-state index contributed by atoms with van der Waals surface area (Å²) in [5.41, 5.74) is 8.35. The zero-order chi connectivity index (χ0) is 21.7. The molecule has 3 aromatic rings. The first-order valence-corrected chi connectivity index (χ1v) is 10.4. The van der Waals surface area contributed by atoms with Gasteiger partial charge in [-0.2, -0.15) is 10.2 Å². The van der Waals surface area contributed by atoms with Crippen molar-refractivity contribution in [2.45, 2.75) is 40.8 Å². The highest BCUT2D eigenvalue weighted by molar-refractivity contribution is 9.10. The van der Waals surface area contributed by atoms with Crippen LogP contribution in [0.3, 0.4) is 0 Å². The monoisotopic (exact) mass is 468 g/mol. The van der Waals surface area contributed by atoms with Gasteiger partial charge in [0.05, 0.1) is 21.6 Å². The number of nitrogens with one attached hydrogen (secondary N) is 1. The molecule has 0 saturated carbocycles. The number of hydrogen-bond acceptors (Lipinski definition) is 4. The fourth-order valence-electron chi connectivity index (χ4n) is 2.94. The van der Waals surface area contributed by atoms with E-state index in [-0.39, 0.29) is 12.5 Å². The summed E-state index contributed by atoms with van der Waals surface area (Å²) in [4.78, 5) is 12.2. The van der Waals surface area contributed by atoms with E-state index in [0.29, 0.717) is 12.3 Å². The molecule has 2 aromatic carbocycles. The molecule has 0 saturated heterocycles. The summed E-state index contributed by atoms with van der Waals surface area (Å²) >= 11 is 3.46. The van der Waals surface area contributed by atoms with Gasteiger partial charge in [-0.05, 0) is 84.6 Å². The molecular weight excluding hydrogens is 444 g/mol. The number of aromatic nitrogens is 2. The van der Waals surface area contributed by atoms with E-state index in [2.05, 4.69) is 50.6 Å². The number of benzene rings is 2. The van der Waals surface area contributed by atoms with Crippen LogP contribution in [0.1, 0.15) is 35.0 Å². The lowest BCUT2D eigenvalue weighted by Crippen LogP contribution is -2.25. The van der Waals surface area contributed by atoms with E-state index in [1.165, 1.54) is 5.56 Å². The van der Waals surface area contributed by atoms with E-state index in [4.69, 9.17) is 4.74 Å². The Kier molecular flexibility index (Phi) is 7.05. The van der Waals surface area contributed by atoms with Crippen LogP contribution in [-0.4, -0.2) is 21.4 Å². The molecule has 0 unspecified atom stereocenters. The summed E-state index contributed by atoms with van der Waals surface area (Å²) in [5.74, 6) is 0.555. The predicted octanol–water partition coefficient (Wildman–Crippen LogP) is 4.69. The second-order valence-electron chi connectivity index (χ2n) is 7.11. The quantitative estimate of drug-likeness (QED) is 0.403. The lowest BCUT2D eigenvalue weighted by molar-refractivity contribution is -0.121. The van der Waals surface area contributed by atoms with Crippen molar-refractivity contribution in [1.29, 1.82) is 0 Å². The molecule has 3 rings (SSSR count). The number of ether oxygens (including phenoxy) is 1. The summed E-state index contributed by atoms with van der Waals surface area (Å²) in [5, 5.41) is 8.54. The summed E-state index contributed by atoms with van der Waals surface area (Å²) in [7, 11) is 0. The number of halogens is 1. The van der Waals surface area contributed by atoms with Gasteiger partial charge in [-0.1, -0.05) is 24.3 Å². The Labute approximate surface area is 185 Å². The van der Waals surface area contributed by atoms with Gasteiger partial charge in [-0.25, -0.2) is 5.43 Å². The van der Waals surface area contributed by atoms with Crippen LogP contribution in [-0.2, 0) is 17.9 Å². The Morgan fingerprint density at radius 1 is 1.13 bits per heavy atom. The highest BCUT2D eigenvalue weighted by atomic mass is 79.9. The van der Waals surface area contributed by atoms with Crippen molar-refractivity contribution < 1.29 is 9.53 Å². The van der Waals surface area contributed by atoms with E-state index in [1.54, 1.807) is 4.68 Å². The highest BCUT2D eigenvalue weighted by Gasteiger charge is 2.11. The fourth-order valence-corrected chi connectivity index (χ4v) is 3.22. The van der Waals surface area contributed by atoms with Crippen LogP contribution in [0.2, 0.25) is 0 Å². The van der Waals surface area contributed by atoms with Gasteiger partial charge in [0, 0.05) is 0 Å². The Morgan fingerprint density at radius 3 is 2.47 bits per heavy atom. The Balaban J connectivity index is 1.56. The minimum Gasteiger partial charge on any atom is -0.489 e. The van der Waals surface area contributed by atoms with Crippen molar-refractivity contribution in [2.24, 2.45) is 5.10 Å². The molecule has 0 bridgehead atoms. The third kappa shape index (κ3) is 5.36. The molecular formula is C23H25BrN4O2. The highest BCUT2D eigenvalue weighted by Crippen LogP contribution is 2.19. The van der Waals surface area contributed by atoms with Gasteiger partial charge in [0.15, 0.2) is 0 Å². The Bertz CT molecular complexity index is 1070. The molecule has 0 fully saturated rings. The van der Waals surface area contributed by atoms with Gasteiger partial charge < -0.3 is 4.74 Å². The minimum atomic E-state index is -0.231. The Morgan fingerprint density at radius 2 is 1.83 bits per heavy atom. The van der Waals surface area contributed by atoms with Crippen LogP contribution >= 0.6 is 15.9 Å². The van der Waals surface area contributed by atoms with Gasteiger partial charge in [-0.15, -0.1) is 0 Å². The maximum atomic E-state index is 12.2. The number of nitrogens with zero attached hydrogens (tertiary/aromatic N) is 3. The van der Waals surface area contributed by atoms with Gasteiger partial charge in [-0.3, -0.25) is 9.48 Å². The second kappa shape index (κ2) is 9.71. The number of hydrogen-bond donors (Lipinski definition) is 1. The third-order valence-electron chi connectivity index (χ3n) is 4.86. The first-order chi connectivity index (χ1) is 14.3. The average molecular weight is 469 g/mol. The van der Waals surface area contributed by atoms with Crippen LogP contribution < -0.4 is 10.2 Å². The first-order valence-electron chi connectivity index (χ1n) is 9.65. The number of amides is 1. The predicted molar refractivity (Wildman–Crippen MR) is 122 cm³/mol. The zero-order valence-corrected chi connectivity index (χ0v) is 19.2. The number of hydrazone groups is 1.